The number of benzene rings is 3. The number of nitrogens with one attached hydrogen (secondary N) is 1. The van der Waals surface area contributed by atoms with Crippen LogP contribution in [0.15, 0.2) is 106 Å². The molecule has 0 aliphatic heterocycles. The molecule has 0 bridgehead atoms. The molecule has 5 heteroatoms. The highest BCUT2D eigenvalue weighted by Crippen LogP contribution is 2.28. The van der Waals surface area contributed by atoms with Gasteiger partial charge < -0.3 is 14.3 Å². The molecule has 0 aliphatic rings. The predicted molar refractivity (Wildman–Crippen MR) is 118 cm³/mol. The first kappa shape index (κ1) is 18.9. The van der Waals surface area contributed by atoms with E-state index >= 15 is 0 Å². The molecule has 3 aromatic carbocycles. The molecule has 1 amide bonds. The molecule has 0 fully saturated rings. The van der Waals surface area contributed by atoms with E-state index in [0.717, 1.165) is 22.1 Å². The third-order valence-corrected chi connectivity index (χ3v) is 5.20. The van der Waals surface area contributed by atoms with Gasteiger partial charge in [-0.15, -0.1) is 0 Å². The number of fused-ring (bicyclic) bond motifs is 1. The third kappa shape index (κ3) is 3.98. The van der Waals surface area contributed by atoms with Crippen LogP contribution >= 0.6 is 0 Å². The average molecular weight is 408 g/mol. The van der Waals surface area contributed by atoms with Crippen molar-refractivity contribution in [3.63, 3.8) is 0 Å². The molecule has 0 aliphatic carbocycles. The SMILES string of the molecule is O=C(NCc1cc(-c2cc3ccccc3o2)on1)C(c1ccccc1)c1ccccc1. The summed E-state index contributed by atoms with van der Waals surface area (Å²) < 4.78 is 11.3. The monoisotopic (exact) mass is 408 g/mol. The highest BCUT2D eigenvalue weighted by atomic mass is 16.5. The molecule has 5 rings (SSSR count). The van der Waals surface area contributed by atoms with E-state index in [1.54, 1.807) is 6.07 Å². The van der Waals surface area contributed by atoms with Crippen LogP contribution in [0.5, 0.6) is 0 Å². The average Bonchev–Trinajstić information content (AvgIpc) is 3.46. The van der Waals surface area contributed by atoms with Crippen molar-refractivity contribution < 1.29 is 13.7 Å². The van der Waals surface area contributed by atoms with E-state index in [4.69, 9.17) is 8.94 Å². The first-order chi connectivity index (χ1) is 15.3. The number of furan rings is 1. The normalized spacial score (nSPS) is 11.1. The Morgan fingerprint density at radius 2 is 1.45 bits per heavy atom. The second-order valence-electron chi connectivity index (χ2n) is 7.30. The van der Waals surface area contributed by atoms with Crippen molar-refractivity contribution in [2.45, 2.75) is 12.5 Å². The summed E-state index contributed by atoms with van der Waals surface area (Å²) in [6, 6.07) is 31.0. The quantitative estimate of drug-likeness (QED) is 0.401. The Morgan fingerprint density at radius 3 is 2.13 bits per heavy atom. The Balaban J connectivity index is 1.33. The fraction of sp³-hybridized carbons (Fsp3) is 0.0769. The highest BCUT2D eigenvalue weighted by molar-refractivity contribution is 5.87. The molecule has 5 aromatic rings. The van der Waals surface area contributed by atoms with Crippen molar-refractivity contribution in [3.8, 4) is 11.5 Å². The standard InChI is InChI=1S/C26H20N2O3/c29-26(25(18-9-3-1-4-10-18)19-11-5-2-6-12-19)27-17-21-16-24(31-28-21)23-15-20-13-7-8-14-22(20)30-23/h1-16,25H,17H2,(H,27,29). The molecule has 1 N–H and O–H groups in total. The molecule has 152 valence electrons. The molecular weight excluding hydrogens is 388 g/mol. The van der Waals surface area contributed by atoms with Gasteiger partial charge in [0.15, 0.2) is 5.76 Å². The zero-order valence-electron chi connectivity index (χ0n) is 16.7. The van der Waals surface area contributed by atoms with Crippen LogP contribution < -0.4 is 5.32 Å². The zero-order chi connectivity index (χ0) is 21.0. The van der Waals surface area contributed by atoms with Gasteiger partial charge in [0.25, 0.3) is 0 Å². The van der Waals surface area contributed by atoms with E-state index in [2.05, 4.69) is 10.5 Å². The van der Waals surface area contributed by atoms with Crippen molar-refractivity contribution >= 4 is 16.9 Å². The van der Waals surface area contributed by atoms with E-state index in [9.17, 15) is 4.79 Å². The van der Waals surface area contributed by atoms with Crippen LogP contribution in [0, 0.1) is 0 Å². The van der Waals surface area contributed by atoms with E-state index in [-0.39, 0.29) is 12.5 Å². The Morgan fingerprint density at radius 1 is 0.806 bits per heavy atom. The lowest BCUT2D eigenvalue weighted by molar-refractivity contribution is -0.121. The van der Waals surface area contributed by atoms with Crippen molar-refractivity contribution in [3.05, 3.63) is 114 Å². The van der Waals surface area contributed by atoms with Crippen LogP contribution in [-0.2, 0) is 11.3 Å². The van der Waals surface area contributed by atoms with Crippen molar-refractivity contribution in [2.75, 3.05) is 0 Å². The fourth-order valence-corrected chi connectivity index (χ4v) is 3.68. The molecule has 0 radical (unpaired) electrons. The van der Waals surface area contributed by atoms with Crippen LogP contribution in [0.2, 0.25) is 0 Å². The van der Waals surface area contributed by atoms with Gasteiger partial charge in [-0.2, -0.15) is 0 Å². The van der Waals surface area contributed by atoms with E-state index < -0.39 is 5.92 Å². The fourth-order valence-electron chi connectivity index (χ4n) is 3.68. The van der Waals surface area contributed by atoms with Gasteiger partial charge in [-0.3, -0.25) is 4.79 Å². The summed E-state index contributed by atoms with van der Waals surface area (Å²) in [5.41, 5.74) is 3.30. The minimum absolute atomic E-state index is 0.0920. The minimum Gasteiger partial charge on any atom is -0.453 e. The third-order valence-electron chi connectivity index (χ3n) is 5.20. The molecule has 2 heterocycles. The summed E-state index contributed by atoms with van der Waals surface area (Å²) in [4.78, 5) is 13.1. The smallest absolute Gasteiger partial charge is 0.232 e. The van der Waals surface area contributed by atoms with E-state index in [1.807, 2.05) is 91.0 Å². The zero-order valence-corrected chi connectivity index (χ0v) is 16.7. The van der Waals surface area contributed by atoms with Gasteiger partial charge in [0, 0.05) is 11.5 Å². The Bertz CT molecular complexity index is 1230. The number of hydrogen-bond donors (Lipinski definition) is 1. The van der Waals surface area contributed by atoms with Crippen LogP contribution in [-0.4, -0.2) is 11.1 Å². The Kier molecular flexibility index (Phi) is 5.07. The van der Waals surface area contributed by atoms with Crippen LogP contribution in [0.1, 0.15) is 22.7 Å². The molecule has 0 spiro atoms. The molecular formula is C26H20N2O3. The summed E-state index contributed by atoms with van der Waals surface area (Å²) in [6.07, 6.45) is 0. The predicted octanol–water partition coefficient (Wildman–Crippen LogP) is 5.54. The van der Waals surface area contributed by atoms with Crippen molar-refractivity contribution in [1.82, 2.24) is 10.5 Å². The summed E-state index contributed by atoms with van der Waals surface area (Å²) >= 11 is 0. The van der Waals surface area contributed by atoms with Gasteiger partial charge in [0.05, 0.1) is 12.5 Å². The maximum Gasteiger partial charge on any atom is 0.232 e. The van der Waals surface area contributed by atoms with E-state index in [0.29, 0.717) is 17.2 Å². The largest absolute Gasteiger partial charge is 0.453 e. The number of carbonyl (C=O) groups excluding carboxylic acids is 1. The van der Waals surface area contributed by atoms with Gasteiger partial charge in [0.2, 0.25) is 11.7 Å². The molecule has 5 nitrogen and oxygen atoms in total. The summed E-state index contributed by atoms with van der Waals surface area (Å²) in [5, 5.41) is 8.08. The van der Waals surface area contributed by atoms with E-state index in [1.165, 1.54) is 0 Å². The lowest BCUT2D eigenvalue weighted by Gasteiger charge is -2.17. The van der Waals surface area contributed by atoms with Crippen LogP contribution in [0.25, 0.3) is 22.5 Å². The highest BCUT2D eigenvalue weighted by Gasteiger charge is 2.22. The second kappa shape index (κ2) is 8.32. The molecule has 0 saturated carbocycles. The summed E-state index contributed by atoms with van der Waals surface area (Å²) in [5.74, 6) is 0.649. The Labute approximate surface area is 179 Å². The first-order valence-corrected chi connectivity index (χ1v) is 10.1. The first-order valence-electron chi connectivity index (χ1n) is 10.1. The number of carbonyl (C=O) groups is 1. The van der Waals surface area contributed by atoms with Crippen LogP contribution in [0.4, 0.5) is 0 Å². The number of amides is 1. The van der Waals surface area contributed by atoms with Gasteiger partial charge in [-0.05, 0) is 23.3 Å². The van der Waals surface area contributed by atoms with Crippen LogP contribution in [0.3, 0.4) is 0 Å². The number of para-hydroxylation sites is 1. The number of nitrogens with zero attached hydrogens (tertiary/aromatic N) is 1. The van der Waals surface area contributed by atoms with Gasteiger partial charge in [-0.25, -0.2) is 0 Å². The van der Waals surface area contributed by atoms with Gasteiger partial charge in [0.1, 0.15) is 11.3 Å². The molecule has 0 unspecified atom stereocenters. The molecule has 31 heavy (non-hydrogen) atoms. The van der Waals surface area contributed by atoms with Gasteiger partial charge in [-0.1, -0.05) is 84.0 Å². The van der Waals surface area contributed by atoms with Crippen molar-refractivity contribution in [1.29, 1.82) is 0 Å². The molecule has 2 aromatic heterocycles. The number of aromatic nitrogens is 1. The summed E-state index contributed by atoms with van der Waals surface area (Å²) in [6.45, 7) is 0.263. The Hall–Kier alpha value is -4.12. The molecule has 0 saturated heterocycles. The van der Waals surface area contributed by atoms with Gasteiger partial charge >= 0.3 is 0 Å². The molecule has 0 atom stereocenters. The maximum atomic E-state index is 13.1. The second-order valence-corrected chi connectivity index (χ2v) is 7.30. The number of rotatable bonds is 6. The lowest BCUT2D eigenvalue weighted by atomic mass is 9.90. The van der Waals surface area contributed by atoms with Crippen molar-refractivity contribution in [2.24, 2.45) is 0 Å². The minimum atomic E-state index is -0.399. The summed E-state index contributed by atoms with van der Waals surface area (Å²) in [7, 11) is 0. The topological polar surface area (TPSA) is 68.3 Å². The maximum absolute atomic E-state index is 13.1. The number of hydrogen-bond acceptors (Lipinski definition) is 4. The lowest BCUT2D eigenvalue weighted by Crippen LogP contribution is -2.29.